The van der Waals surface area contributed by atoms with Gasteiger partial charge >= 0.3 is 0 Å². The third-order valence-corrected chi connectivity index (χ3v) is 7.01. The Morgan fingerprint density at radius 3 is 2.85 bits per heavy atom. The second-order valence-electron chi connectivity index (χ2n) is 6.85. The lowest BCUT2D eigenvalue weighted by atomic mass is 10.1. The lowest BCUT2D eigenvalue weighted by Crippen LogP contribution is -2.25. The highest BCUT2D eigenvalue weighted by atomic mass is 32.1. The Hall–Kier alpha value is -2.28. The molecule has 4 heterocycles. The fraction of sp³-hybridized carbons (Fsp3) is 0.238. The highest BCUT2D eigenvalue weighted by Gasteiger charge is 2.27. The van der Waals surface area contributed by atoms with Gasteiger partial charge in [-0.1, -0.05) is 36.4 Å². The zero-order valence-corrected chi connectivity index (χ0v) is 16.4. The number of H-pyrrole nitrogens is 1. The van der Waals surface area contributed by atoms with Crippen LogP contribution in [-0.4, -0.2) is 21.4 Å². The number of fused-ring (bicyclic) bond motifs is 1. The van der Waals surface area contributed by atoms with E-state index in [4.69, 9.17) is 4.98 Å². The number of hydrogen-bond donors (Lipinski definition) is 1. The Morgan fingerprint density at radius 1 is 1.15 bits per heavy atom. The normalized spacial score (nSPS) is 17.7. The van der Waals surface area contributed by atoms with Gasteiger partial charge in [-0.15, -0.1) is 22.7 Å². The van der Waals surface area contributed by atoms with E-state index in [0.29, 0.717) is 18.0 Å². The summed E-state index contributed by atoms with van der Waals surface area (Å²) in [6.07, 6.45) is 2.36. The molecule has 1 saturated heterocycles. The molecule has 0 amide bonds. The number of nitrogens with zero attached hydrogens (tertiary/aromatic N) is 2. The highest BCUT2D eigenvalue weighted by molar-refractivity contribution is 7.17. The quantitative estimate of drug-likeness (QED) is 0.528. The summed E-state index contributed by atoms with van der Waals surface area (Å²) in [5.74, 6) is 0.761. The molecule has 1 aliphatic heterocycles. The number of likely N-dealkylation sites (tertiary alicyclic amines) is 1. The van der Waals surface area contributed by atoms with Crippen molar-refractivity contribution in [3.05, 3.63) is 74.3 Å². The first kappa shape index (κ1) is 16.9. The molecule has 1 aliphatic rings. The maximum absolute atomic E-state index is 12.8. The van der Waals surface area contributed by atoms with Gasteiger partial charge in [0.15, 0.2) is 0 Å². The van der Waals surface area contributed by atoms with E-state index in [1.54, 1.807) is 11.3 Å². The Balaban J connectivity index is 1.48. The molecule has 4 nitrogen and oxygen atoms in total. The molecule has 136 valence electrons. The molecule has 27 heavy (non-hydrogen) atoms. The van der Waals surface area contributed by atoms with Crippen molar-refractivity contribution in [2.75, 3.05) is 6.54 Å². The maximum atomic E-state index is 12.8. The predicted molar refractivity (Wildman–Crippen MR) is 112 cm³/mol. The molecule has 4 aromatic rings. The minimum Gasteiger partial charge on any atom is -0.309 e. The topological polar surface area (TPSA) is 49.0 Å². The summed E-state index contributed by atoms with van der Waals surface area (Å²) in [4.78, 5) is 25.3. The van der Waals surface area contributed by atoms with E-state index in [1.165, 1.54) is 17.7 Å². The minimum atomic E-state index is -0.0398. The maximum Gasteiger partial charge on any atom is 0.260 e. The van der Waals surface area contributed by atoms with Crippen LogP contribution in [0.25, 0.3) is 21.3 Å². The molecule has 0 radical (unpaired) electrons. The molecule has 1 unspecified atom stereocenters. The van der Waals surface area contributed by atoms with Gasteiger partial charge in [0.2, 0.25) is 0 Å². The molecule has 0 bridgehead atoms. The van der Waals surface area contributed by atoms with E-state index < -0.39 is 0 Å². The van der Waals surface area contributed by atoms with E-state index in [-0.39, 0.29) is 5.56 Å². The molecular weight excluding hydrogens is 374 g/mol. The number of rotatable bonds is 4. The van der Waals surface area contributed by atoms with Crippen LogP contribution >= 0.6 is 22.7 Å². The van der Waals surface area contributed by atoms with Gasteiger partial charge in [-0.25, -0.2) is 4.98 Å². The van der Waals surface area contributed by atoms with E-state index in [9.17, 15) is 4.79 Å². The summed E-state index contributed by atoms with van der Waals surface area (Å²) in [5, 5.41) is 4.87. The first-order valence-electron chi connectivity index (χ1n) is 9.13. The summed E-state index contributed by atoms with van der Waals surface area (Å²) in [5.41, 5.74) is 1.98. The number of nitrogens with one attached hydrogen (secondary N) is 1. The van der Waals surface area contributed by atoms with Crippen LogP contribution in [0.4, 0.5) is 0 Å². The third kappa shape index (κ3) is 3.14. The standard InChI is InChI=1S/C21H19N3OS2/c25-20-19-15(14-6-2-1-3-7-14)13-27-21(19)23-18(22-20)12-24-10-4-8-16(24)17-9-5-11-26-17/h1-3,5-7,9,11,13,16H,4,8,10,12H2,(H,22,23,25). The number of benzene rings is 1. The van der Waals surface area contributed by atoms with E-state index in [1.807, 2.05) is 47.0 Å². The molecule has 3 aromatic heterocycles. The summed E-state index contributed by atoms with van der Waals surface area (Å²) in [7, 11) is 0. The van der Waals surface area contributed by atoms with E-state index >= 15 is 0 Å². The lowest BCUT2D eigenvalue weighted by molar-refractivity contribution is 0.245. The van der Waals surface area contributed by atoms with Gasteiger partial charge in [-0.2, -0.15) is 0 Å². The number of aromatic amines is 1. The van der Waals surface area contributed by atoms with Gasteiger partial charge in [0.1, 0.15) is 10.7 Å². The molecule has 0 saturated carbocycles. The first-order valence-corrected chi connectivity index (χ1v) is 10.9. The SMILES string of the molecule is O=c1[nH]c(CN2CCCC2c2cccs2)nc2scc(-c3ccccc3)c12. The molecule has 1 N–H and O–H groups in total. The van der Waals surface area contributed by atoms with Gasteiger partial charge in [-0.05, 0) is 36.4 Å². The summed E-state index contributed by atoms with van der Waals surface area (Å²) >= 11 is 3.36. The molecule has 1 atom stereocenters. The summed E-state index contributed by atoms with van der Waals surface area (Å²) in [6, 6.07) is 14.8. The fourth-order valence-electron chi connectivity index (χ4n) is 3.91. The molecule has 6 heteroatoms. The second-order valence-corrected chi connectivity index (χ2v) is 8.69. The second kappa shape index (κ2) is 7.03. The Bertz CT molecular complexity index is 1120. The van der Waals surface area contributed by atoms with Crippen LogP contribution in [0, 0.1) is 0 Å². The van der Waals surface area contributed by atoms with Gasteiger partial charge in [0.25, 0.3) is 5.56 Å². The Morgan fingerprint density at radius 2 is 2.04 bits per heavy atom. The van der Waals surface area contributed by atoms with Crippen LogP contribution in [0.15, 0.2) is 58.0 Å². The predicted octanol–water partition coefficient (Wildman–Crippen LogP) is 5.05. The smallest absolute Gasteiger partial charge is 0.260 e. The van der Waals surface area contributed by atoms with Gasteiger partial charge in [0, 0.05) is 21.9 Å². The van der Waals surface area contributed by atoms with Crippen molar-refractivity contribution in [2.24, 2.45) is 0 Å². The van der Waals surface area contributed by atoms with Crippen molar-refractivity contribution < 1.29 is 0 Å². The van der Waals surface area contributed by atoms with Crippen LogP contribution < -0.4 is 5.56 Å². The molecule has 1 fully saturated rings. The van der Waals surface area contributed by atoms with Crippen molar-refractivity contribution in [1.29, 1.82) is 0 Å². The zero-order chi connectivity index (χ0) is 18.2. The number of thiophene rings is 2. The largest absolute Gasteiger partial charge is 0.309 e. The lowest BCUT2D eigenvalue weighted by Gasteiger charge is -2.22. The van der Waals surface area contributed by atoms with Gasteiger partial charge in [0.05, 0.1) is 11.9 Å². The average Bonchev–Trinajstić information content (AvgIpc) is 3.42. The monoisotopic (exact) mass is 393 g/mol. The van der Waals surface area contributed by atoms with Crippen molar-refractivity contribution in [2.45, 2.75) is 25.4 Å². The molecular formula is C21H19N3OS2. The van der Waals surface area contributed by atoms with Crippen LogP contribution in [0.3, 0.4) is 0 Å². The number of aromatic nitrogens is 2. The van der Waals surface area contributed by atoms with Crippen molar-refractivity contribution in [3.63, 3.8) is 0 Å². The number of hydrogen-bond acceptors (Lipinski definition) is 5. The zero-order valence-electron chi connectivity index (χ0n) is 14.7. The van der Waals surface area contributed by atoms with E-state index in [0.717, 1.165) is 28.3 Å². The van der Waals surface area contributed by atoms with E-state index in [2.05, 4.69) is 27.4 Å². The Labute approximate surface area is 165 Å². The summed E-state index contributed by atoms with van der Waals surface area (Å²) < 4.78 is 0. The molecule has 0 spiro atoms. The highest BCUT2D eigenvalue weighted by Crippen LogP contribution is 2.35. The first-order chi connectivity index (χ1) is 13.3. The average molecular weight is 394 g/mol. The molecule has 5 rings (SSSR count). The third-order valence-electron chi connectivity index (χ3n) is 5.17. The molecule has 0 aliphatic carbocycles. The Kier molecular flexibility index (Phi) is 4.39. The van der Waals surface area contributed by atoms with Crippen LogP contribution in [0.5, 0.6) is 0 Å². The van der Waals surface area contributed by atoms with Crippen molar-refractivity contribution >= 4 is 32.9 Å². The van der Waals surface area contributed by atoms with Gasteiger partial charge in [-0.3, -0.25) is 9.69 Å². The summed E-state index contributed by atoms with van der Waals surface area (Å²) in [6.45, 7) is 1.73. The minimum absolute atomic E-state index is 0.0398. The van der Waals surface area contributed by atoms with Crippen molar-refractivity contribution in [3.8, 4) is 11.1 Å². The van der Waals surface area contributed by atoms with Gasteiger partial charge < -0.3 is 4.98 Å². The van der Waals surface area contributed by atoms with Crippen LogP contribution in [0.2, 0.25) is 0 Å². The van der Waals surface area contributed by atoms with Crippen LogP contribution in [-0.2, 0) is 6.54 Å². The fourth-order valence-corrected chi connectivity index (χ4v) is 5.77. The molecule has 1 aromatic carbocycles. The van der Waals surface area contributed by atoms with Crippen LogP contribution in [0.1, 0.15) is 29.6 Å². The van der Waals surface area contributed by atoms with Crippen molar-refractivity contribution in [1.82, 2.24) is 14.9 Å².